The largest absolute Gasteiger partial charge is 0.347 e. The molecule has 0 aliphatic carbocycles. The van der Waals surface area contributed by atoms with Crippen LogP contribution in [0.1, 0.15) is 24.7 Å². The predicted molar refractivity (Wildman–Crippen MR) is 48.3 cm³/mol. The molecule has 0 aliphatic rings. The van der Waals surface area contributed by atoms with Crippen LogP contribution in [0.5, 0.6) is 0 Å². The quantitative estimate of drug-likeness (QED) is 0.663. The molecule has 0 aromatic carbocycles. The Morgan fingerprint density at radius 3 is 2.67 bits per heavy atom. The Hall–Kier alpha value is -1.12. The molecule has 0 aliphatic heterocycles. The first-order chi connectivity index (χ1) is 5.65. The first-order valence-corrected chi connectivity index (χ1v) is 4.20. The number of rotatable bonds is 2. The van der Waals surface area contributed by atoms with Crippen molar-refractivity contribution < 1.29 is 0 Å². The maximum Gasteiger partial charge on any atom is 0.347 e. The Kier molecular flexibility index (Phi) is 2.63. The van der Waals surface area contributed by atoms with E-state index in [1.807, 2.05) is 26.8 Å². The van der Waals surface area contributed by atoms with E-state index >= 15 is 0 Å². The standard InChI is InChI=1S/C9H14N2O/c1-4-5-11-8(3)6-7(2)10-9(11)12/h6H,4-5H2,1-3H3. The molecule has 3 heteroatoms. The number of hydrogen-bond donors (Lipinski definition) is 0. The van der Waals surface area contributed by atoms with Crippen molar-refractivity contribution in [3.63, 3.8) is 0 Å². The Labute approximate surface area is 72.1 Å². The SMILES string of the molecule is CCCn1c(C)cc(C)nc1=O. The fourth-order valence-electron chi connectivity index (χ4n) is 1.27. The van der Waals surface area contributed by atoms with Crippen LogP contribution in [0.3, 0.4) is 0 Å². The molecule has 1 rings (SSSR count). The molecule has 12 heavy (non-hydrogen) atoms. The summed E-state index contributed by atoms with van der Waals surface area (Å²) >= 11 is 0. The minimum atomic E-state index is -0.130. The summed E-state index contributed by atoms with van der Waals surface area (Å²) in [4.78, 5) is 15.2. The molecule has 0 radical (unpaired) electrons. The maximum atomic E-state index is 11.3. The van der Waals surface area contributed by atoms with E-state index in [0.29, 0.717) is 0 Å². The Morgan fingerprint density at radius 1 is 1.50 bits per heavy atom. The topological polar surface area (TPSA) is 34.9 Å². The van der Waals surface area contributed by atoms with E-state index in [-0.39, 0.29) is 5.69 Å². The van der Waals surface area contributed by atoms with E-state index in [1.54, 1.807) is 4.57 Å². The first-order valence-electron chi connectivity index (χ1n) is 4.20. The van der Waals surface area contributed by atoms with Gasteiger partial charge in [0.2, 0.25) is 0 Å². The molecule has 0 unspecified atom stereocenters. The molecule has 0 saturated carbocycles. The zero-order valence-corrected chi connectivity index (χ0v) is 7.79. The molecule has 0 fully saturated rings. The summed E-state index contributed by atoms with van der Waals surface area (Å²) in [6, 6.07) is 1.93. The Balaban J connectivity index is 3.19. The van der Waals surface area contributed by atoms with Crippen LogP contribution in [0, 0.1) is 13.8 Å². The second-order valence-electron chi connectivity index (χ2n) is 2.97. The van der Waals surface area contributed by atoms with E-state index in [0.717, 1.165) is 24.4 Å². The van der Waals surface area contributed by atoms with Crippen LogP contribution < -0.4 is 5.69 Å². The van der Waals surface area contributed by atoms with Crippen molar-refractivity contribution in [1.82, 2.24) is 9.55 Å². The highest BCUT2D eigenvalue weighted by Crippen LogP contribution is 1.97. The lowest BCUT2D eigenvalue weighted by Crippen LogP contribution is -2.25. The molecular weight excluding hydrogens is 152 g/mol. The third kappa shape index (κ3) is 1.72. The van der Waals surface area contributed by atoms with Gasteiger partial charge in [-0.05, 0) is 26.3 Å². The molecule has 3 nitrogen and oxygen atoms in total. The average Bonchev–Trinajstić information content (AvgIpc) is 1.96. The summed E-state index contributed by atoms with van der Waals surface area (Å²) in [5.74, 6) is 0. The summed E-state index contributed by atoms with van der Waals surface area (Å²) in [7, 11) is 0. The fraction of sp³-hybridized carbons (Fsp3) is 0.556. The zero-order valence-electron chi connectivity index (χ0n) is 7.79. The van der Waals surface area contributed by atoms with Crippen molar-refractivity contribution in [2.45, 2.75) is 33.7 Å². The Morgan fingerprint density at radius 2 is 2.17 bits per heavy atom. The van der Waals surface area contributed by atoms with E-state index in [1.165, 1.54) is 0 Å². The van der Waals surface area contributed by atoms with Crippen molar-refractivity contribution in [3.05, 3.63) is 27.9 Å². The van der Waals surface area contributed by atoms with Gasteiger partial charge in [0.25, 0.3) is 0 Å². The second-order valence-corrected chi connectivity index (χ2v) is 2.97. The number of aryl methyl sites for hydroxylation is 2. The van der Waals surface area contributed by atoms with Crippen molar-refractivity contribution in [2.75, 3.05) is 0 Å². The van der Waals surface area contributed by atoms with E-state index < -0.39 is 0 Å². The normalized spacial score (nSPS) is 10.2. The molecule has 1 aromatic rings. The lowest BCUT2D eigenvalue weighted by molar-refractivity contribution is 0.614. The first kappa shape index (κ1) is 8.97. The molecule has 1 heterocycles. The smallest absolute Gasteiger partial charge is 0.297 e. The molecule has 0 spiro atoms. The molecule has 0 N–H and O–H groups in total. The zero-order chi connectivity index (χ0) is 9.14. The summed E-state index contributed by atoms with van der Waals surface area (Å²) in [5, 5.41) is 0. The predicted octanol–water partition coefficient (Wildman–Crippen LogP) is 1.27. The summed E-state index contributed by atoms with van der Waals surface area (Å²) in [5.41, 5.74) is 1.66. The number of nitrogens with zero attached hydrogens (tertiary/aromatic N) is 2. The molecule has 66 valence electrons. The molecule has 0 saturated heterocycles. The van der Waals surface area contributed by atoms with E-state index in [2.05, 4.69) is 4.98 Å². The van der Waals surface area contributed by atoms with Crippen molar-refractivity contribution in [3.8, 4) is 0 Å². The van der Waals surface area contributed by atoms with Gasteiger partial charge in [0.15, 0.2) is 0 Å². The Bertz CT molecular complexity index is 328. The van der Waals surface area contributed by atoms with Crippen molar-refractivity contribution in [2.24, 2.45) is 0 Å². The molecule has 0 atom stereocenters. The minimum absolute atomic E-state index is 0.130. The van der Waals surface area contributed by atoms with E-state index in [4.69, 9.17) is 0 Å². The van der Waals surface area contributed by atoms with Gasteiger partial charge in [-0.15, -0.1) is 0 Å². The highest BCUT2D eigenvalue weighted by atomic mass is 16.1. The van der Waals surface area contributed by atoms with Crippen LogP contribution in [0.2, 0.25) is 0 Å². The fourth-order valence-corrected chi connectivity index (χ4v) is 1.27. The van der Waals surface area contributed by atoms with Gasteiger partial charge in [-0.1, -0.05) is 6.92 Å². The van der Waals surface area contributed by atoms with Crippen LogP contribution in [0.25, 0.3) is 0 Å². The lowest BCUT2D eigenvalue weighted by Gasteiger charge is -2.07. The van der Waals surface area contributed by atoms with Crippen LogP contribution in [0.15, 0.2) is 10.9 Å². The average molecular weight is 166 g/mol. The van der Waals surface area contributed by atoms with Gasteiger partial charge >= 0.3 is 5.69 Å². The van der Waals surface area contributed by atoms with Crippen LogP contribution >= 0.6 is 0 Å². The van der Waals surface area contributed by atoms with Crippen LogP contribution in [0.4, 0.5) is 0 Å². The molecule has 0 amide bonds. The number of aromatic nitrogens is 2. The second kappa shape index (κ2) is 3.52. The van der Waals surface area contributed by atoms with Crippen LogP contribution in [-0.2, 0) is 6.54 Å². The monoisotopic (exact) mass is 166 g/mol. The number of hydrogen-bond acceptors (Lipinski definition) is 2. The maximum absolute atomic E-state index is 11.3. The molecular formula is C9H14N2O. The van der Waals surface area contributed by atoms with Gasteiger partial charge in [-0.25, -0.2) is 4.79 Å². The third-order valence-corrected chi connectivity index (χ3v) is 1.79. The highest BCUT2D eigenvalue weighted by molar-refractivity contribution is 5.06. The lowest BCUT2D eigenvalue weighted by atomic mass is 10.3. The van der Waals surface area contributed by atoms with Gasteiger partial charge < -0.3 is 0 Å². The van der Waals surface area contributed by atoms with Gasteiger partial charge in [0.05, 0.1) is 0 Å². The summed E-state index contributed by atoms with van der Waals surface area (Å²) < 4.78 is 1.70. The van der Waals surface area contributed by atoms with E-state index in [9.17, 15) is 4.79 Å². The van der Waals surface area contributed by atoms with Gasteiger partial charge in [-0.2, -0.15) is 4.98 Å². The minimum Gasteiger partial charge on any atom is -0.297 e. The van der Waals surface area contributed by atoms with Gasteiger partial charge in [0.1, 0.15) is 0 Å². The molecule has 0 bridgehead atoms. The van der Waals surface area contributed by atoms with Crippen molar-refractivity contribution in [1.29, 1.82) is 0 Å². The third-order valence-electron chi connectivity index (χ3n) is 1.79. The van der Waals surface area contributed by atoms with Crippen LogP contribution in [-0.4, -0.2) is 9.55 Å². The summed E-state index contributed by atoms with van der Waals surface area (Å²) in [6.45, 7) is 6.58. The molecule has 1 aromatic heterocycles. The highest BCUT2D eigenvalue weighted by Gasteiger charge is 2.00. The van der Waals surface area contributed by atoms with Gasteiger partial charge in [0, 0.05) is 17.9 Å². The van der Waals surface area contributed by atoms with Gasteiger partial charge in [-0.3, -0.25) is 4.57 Å². The summed E-state index contributed by atoms with van der Waals surface area (Å²) in [6.07, 6.45) is 0.964. The van der Waals surface area contributed by atoms with Crippen molar-refractivity contribution >= 4 is 0 Å².